The molecule has 1 heterocycles. The Morgan fingerprint density at radius 3 is 2.52 bits per heavy atom. The third kappa shape index (κ3) is 4.87. The summed E-state index contributed by atoms with van der Waals surface area (Å²) in [6.45, 7) is 1.58. The highest BCUT2D eigenvalue weighted by molar-refractivity contribution is 7.94. The summed E-state index contributed by atoms with van der Waals surface area (Å²) in [5.41, 5.74) is 1.66. The van der Waals surface area contributed by atoms with Crippen molar-refractivity contribution in [3.63, 3.8) is 0 Å². The Morgan fingerprint density at radius 2 is 1.90 bits per heavy atom. The first-order valence-corrected chi connectivity index (χ1v) is 10.9. The number of benzene rings is 2. The number of amides is 1. The zero-order valence-electron chi connectivity index (χ0n) is 15.8. The normalized spacial score (nSPS) is 11.1. The van der Waals surface area contributed by atoms with Crippen molar-refractivity contribution < 1.29 is 23.1 Å². The van der Waals surface area contributed by atoms with E-state index in [1.165, 1.54) is 11.4 Å². The summed E-state index contributed by atoms with van der Waals surface area (Å²) in [5, 5.41) is 14.1. The van der Waals surface area contributed by atoms with Gasteiger partial charge in [0.15, 0.2) is 6.61 Å². The number of nitrogens with one attached hydrogen (secondary N) is 1. The molecule has 0 saturated carbocycles. The molecule has 1 amide bonds. The molecule has 3 aromatic rings. The van der Waals surface area contributed by atoms with Gasteiger partial charge in [-0.1, -0.05) is 12.1 Å². The van der Waals surface area contributed by atoms with Crippen LogP contribution in [-0.2, 0) is 14.8 Å². The molecule has 0 spiro atoms. The Morgan fingerprint density at radius 1 is 1.17 bits per heavy atom. The maximum absolute atomic E-state index is 12.5. The van der Waals surface area contributed by atoms with Gasteiger partial charge in [0.2, 0.25) is 0 Å². The highest BCUT2D eigenvalue weighted by atomic mass is 32.2. The van der Waals surface area contributed by atoms with Crippen LogP contribution in [0.4, 0.5) is 11.4 Å². The summed E-state index contributed by atoms with van der Waals surface area (Å²) in [4.78, 5) is 12.0. The van der Waals surface area contributed by atoms with Gasteiger partial charge in [0.25, 0.3) is 15.9 Å². The van der Waals surface area contributed by atoms with E-state index in [2.05, 4.69) is 5.32 Å². The standard InChI is InChI=1S/C20H20N2O5S2/c1-14-5-10-17(18(23)12-14)21-19(24)13-27-16-8-6-15(7-9-16)22(2)29(25,26)20-4-3-11-28-20/h3-12,23H,13H2,1-2H3,(H,21,24). The van der Waals surface area contributed by atoms with E-state index in [1.54, 1.807) is 60.0 Å². The summed E-state index contributed by atoms with van der Waals surface area (Å²) in [7, 11) is -2.13. The topological polar surface area (TPSA) is 95.9 Å². The molecule has 2 N–H and O–H groups in total. The van der Waals surface area contributed by atoms with E-state index < -0.39 is 15.9 Å². The second-order valence-corrected chi connectivity index (χ2v) is 9.40. The number of carbonyl (C=O) groups is 1. The minimum Gasteiger partial charge on any atom is -0.506 e. The van der Waals surface area contributed by atoms with Gasteiger partial charge in [0.05, 0.1) is 11.4 Å². The van der Waals surface area contributed by atoms with Crippen molar-refractivity contribution in [2.24, 2.45) is 0 Å². The smallest absolute Gasteiger partial charge is 0.273 e. The number of anilines is 2. The van der Waals surface area contributed by atoms with Crippen molar-refractivity contribution in [2.45, 2.75) is 11.1 Å². The quantitative estimate of drug-likeness (QED) is 0.556. The van der Waals surface area contributed by atoms with E-state index in [-0.39, 0.29) is 16.6 Å². The Kier molecular flexibility index (Phi) is 6.09. The molecule has 0 bridgehead atoms. The van der Waals surface area contributed by atoms with Crippen LogP contribution in [0, 0.1) is 6.92 Å². The summed E-state index contributed by atoms with van der Waals surface area (Å²) in [6, 6.07) is 14.6. The summed E-state index contributed by atoms with van der Waals surface area (Å²) in [5.74, 6) is -0.0257. The van der Waals surface area contributed by atoms with E-state index in [0.717, 1.165) is 16.9 Å². The number of rotatable bonds is 7. The van der Waals surface area contributed by atoms with Gasteiger partial charge in [-0.3, -0.25) is 9.10 Å². The van der Waals surface area contributed by atoms with Crippen molar-refractivity contribution in [1.82, 2.24) is 0 Å². The van der Waals surface area contributed by atoms with Crippen LogP contribution in [0.5, 0.6) is 11.5 Å². The Balaban J connectivity index is 1.60. The van der Waals surface area contributed by atoms with E-state index >= 15 is 0 Å². The third-order valence-corrected chi connectivity index (χ3v) is 7.27. The number of phenolic OH excluding ortho intramolecular Hbond substituents is 1. The van der Waals surface area contributed by atoms with Gasteiger partial charge in [-0.2, -0.15) is 0 Å². The number of nitrogens with zero attached hydrogens (tertiary/aromatic N) is 1. The van der Waals surface area contributed by atoms with Gasteiger partial charge in [0, 0.05) is 7.05 Å². The lowest BCUT2D eigenvalue weighted by atomic mass is 10.2. The predicted molar refractivity (Wildman–Crippen MR) is 113 cm³/mol. The van der Waals surface area contributed by atoms with Crippen molar-refractivity contribution >= 4 is 38.6 Å². The van der Waals surface area contributed by atoms with Crippen molar-refractivity contribution in [2.75, 3.05) is 23.3 Å². The molecule has 0 unspecified atom stereocenters. The molecule has 9 heteroatoms. The zero-order chi connectivity index (χ0) is 21.0. The van der Waals surface area contributed by atoms with Crippen LogP contribution in [-0.4, -0.2) is 33.1 Å². The molecule has 3 rings (SSSR count). The number of thiophene rings is 1. The van der Waals surface area contributed by atoms with Gasteiger partial charge in [0.1, 0.15) is 15.7 Å². The van der Waals surface area contributed by atoms with Crippen molar-refractivity contribution in [1.29, 1.82) is 0 Å². The number of sulfonamides is 1. The average molecular weight is 433 g/mol. The summed E-state index contributed by atoms with van der Waals surface area (Å²) >= 11 is 1.15. The number of phenols is 1. The molecule has 0 aliphatic rings. The van der Waals surface area contributed by atoms with Crippen LogP contribution in [0.2, 0.25) is 0 Å². The summed E-state index contributed by atoms with van der Waals surface area (Å²) < 4.78 is 32.0. The lowest BCUT2D eigenvalue weighted by Gasteiger charge is -2.18. The van der Waals surface area contributed by atoms with Gasteiger partial charge < -0.3 is 15.2 Å². The Labute approximate surface area is 173 Å². The molecule has 0 fully saturated rings. The molecule has 0 aliphatic heterocycles. The molecule has 0 aliphatic carbocycles. The SMILES string of the molecule is Cc1ccc(NC(=O)COc2ccc(N(C)S(=O)(=O)c3cccs3)cc2)c(O)c1. The summed E-state index contributed by atoms with van der Waals surface area (Å²) in [6.07, 6.45) is 0. The van der Waals surface area contributed by atoms with Crippen LogP contribution in [0.25, 0.3) is 0 Å². The number of carbonyl (C=O) groups excluding carboxylic acids is 1. The fourth-order valence-electron chi connectivity index (χ4n) is 2.52. The minimum atomic E-state index is -3.61. The molecular weight excluding hydrogens is 412 g/mol. The van der Waals surface area contributed by atoms with Crippen molar-refractivity contribution in [3.8, 4) is 11.5 Å². The fraction of sp³-hybridized carbons (Fsp3) is 0.150. The molecule has 152 valence electrons. The predicted octanol–water partition coefficient (Wildman–Crippen LogP) is 3.60. The van der Waals surface area contributed by atoms with Crippen LogP contribution >= 0.6 is 11.3 Å². The van der Waals surface area contributed by atoms with Crippen LogP contribution in [0.15, 0.2) is 64.2 Å². The van der Waals surface area contributed by atoms with Crippen LogP contribution in [0.1, 0.15) is 5.56 Å². The highest BCUT2D eigenvalue weighted by Crippen LogP contribution is 2.27. The zero-order valence-corrected chi connectivity index (χ0v) is 17.5. The molecule has 2 aromatic carbocycles. The first-order chi connectivity index (χ1) is 13.8. The van der Waals surface area contributed by atoms with E-state index in [9.17, 15) is 18.3 Å². The maximum Gasteiger partial charge on any atom is 0.273 e. The van der Waals surface area contributed by atoms with Crippen molar-refractivity contribution in [3.05, 3.63) is 65.5 Å². The molecule has 0 atom stereocenters. The number of hydrogen-bond donors (Lipinski definition) is 2. The number of aromatic hydroxyl groups is 1. The minimum absolute atomic E-state index is 0.0160. The molecule has 1 aromatic heterocycles. The van der Waals surface area contributed by atoms with Gasteiger partial charge in [-0.25, -0.2) is 8.42 Å². The number of ether oxygens (including phenoxy) is 1. The molecular formula is C20H20N2O5S2. The fourth-order valence-corrected chi connectivity index (χ4v) is 4.88. The third-order valence-electron chi connectivity index (χ3n) is 4.11. The Hall–Kier alpha value is -3.04. The largest absolute Gasteiger partial charge is 0.506 e. The lowest BCUT2D eigenvalue weighted by molar-refractivity contribution is -0.118. The second kappa shape index (κ2) is 8.54. The number of hydrogen-bond acceptors (Lipinski definition) is 6. The average Bonchev–Trinajstić information content (AvgIpc) is 3.24. The second-order valence-electron chi connectivity index (χ2n) is 6.26. The Bertz CT molecular complexity index is 1090. The lowest BCUT2D eigenvalue weighted by Crippen LogP contribution is -2.25. The number of aryl methyl sites for hydroxylation is 1. The van der Waals surface area contributed by atoms with E-state index in [4.69, 9.17) is 4.74 Å². The molecule has 29 heavy (non-hydrogen) atoms. The highest BCUT2D eigenvalue weighted by Gasteiger charge is 2.22. The van der Waals surface area contributed by atoms with Crippen LogP contribution < -0.4 is 14.4 Å². The monoisotopic (exact) mass is 432 g/mol. The molecule has 0 radical (unpaired) electrons. The first-order valence-electron chi connectivity index (χ1n) is 8.62. The van der Waals surface area contributed by atoms with E-state index in [0.29, 0.717) is 17.1 Å². The van der Waals surface area contributed by atoms with Gasteiger partial charge >= 0.3 is 0 Å². The van der Waals surface area contributed by atoms with E-state index in [1.807, 2.05) is 6.92 Å². The van der Waals surface area contributed by atoms with Crippen LogP contribution in [0.3, 0.4) is 0 Å². The molecule has 0 saturated heterocycles. The van der Waals surface area contributed by atoms with Gasteiger partial charge in [-0.15, -0.1) is 11.3 Å². The maximum atomic E-state index is 12.5. The first kappa shape index (κ1) is 20.7. The van der Waals surface area contributed by atoms with Gasteiger partial charge in [-0.05, 0) is 60.3 Å². The molecule has 7 nitrogen and oxygen atoms in total.